The Morgan fingerprint density at radius 2 is 2.30 bits per heavy atom. The summed E-state index contributed by atoms with van der Waals surface area (Å²) in [6, 6.07) is -0.177. The Balaban J connectivity index is 1.71. The fraction of sp³-hybridized carbons (Fsp3) is 0.643. The summed E-state index contributed by atoms with van der Waals surface area (Å²) < 4.78 is 7.16. The maximum atomic E-state index is 12.1. The van der Waals surface area contributed by atoms with E-state index in [9.17, 15) is 9.59 Å². The number of rotatable bonds is 5. The minimum atomic E-state index is -0.587. The molecule has 1 aromatic rings. The van der Waals surface area contributed by atoms with E-state index in [-0.39, 0.29) is 18.5 Å². The second-order valence-electron chi connectivity index (χ2n) is 5.55. The van der Waals surface area contributed by atoms with Crippen molar-refractivity contribution in [1.82, 2.24) is 24.9 Å². The van der Waals surface area contributed by atoms with E-state index in [1.807, 2.05) is 0 Å². The molecule has 9 heteroatoms. The molecule has 1 aliphatic rings. The van der Waals surface area contributed by atoms with Gasteiger partial charge in [-0.25, -0.2) is 4.79 Å². The van der Waals surface area contributed by atoms with E-state index in [2.05, 4.69) is 10.4 Å². The standard InChI is InChI=1S/C14H22ClN5O3/c1-18(2)13(21)12-10-19(6-7-23-12)14(22)16-4-3-5-20-9-11(15)8-17-20/h8-9,12H,3-7,10H2,1-2H3,(H,16,22)/t12-/m1/s1. The van der Waals surface area contributed by atoms with Crippen LogP contribution in [0.4, 0.5) is 4.79 Å². The molecule has 2 rings (SSSR count). The number of nitrogens with zero attached hydrogens (tertiary/aromatic N) is 4. The third-order valence-corrected chi connectivity index (χ3v) is 3.71. The first-order chi connectivity index (χ1) is 11.0. The number of ether oxygens (including phenoxy) is 1. The smallest absolute Gasteiger partial charge is 0.317 e. The summed E-state index contributed by atoms with van der Waals surface area (Å²) in [7, 11) is 3.35. The van der Waals surface area contributed by atoms with E-state index in [1.165, 1.54) is 4.90 Å². The van der Waals surface area contributed by atoms with Crippen molar-refractivity contribution in [1.29, 1.82) is 0 Å². The SMILES string of the molecule is CN(C)C(=O)[C@H]1CN(C(=O)NCCCn2cc(Cl)cn2)CCO1. The molecular formula is C14H22ClN5O3. The van der Waals surface area contributed by atoms with Gasteiger partial charge >= 0.3 is 6.03 Å². The Hall–Kier alpha value is -1.80. The van der Waals surface area contributed by atoms with Gasteiger partial charge in [0.05, 0.1) is 24.4 Å². The van der Waals surface area contributed by atoms with Crippen molar-refractivity contribution in [2.24, 2.45) is 0 Å². The highest BCUT2D eigenvalue weighted by Crippen LogP contribution is 2.08. The molecule has 0 aromatic carbocycles. The van der Waals surface area contributed by atoms with Crippen molar-refractivity contribution in [2.75, 3.05) is 40.3 Å². The van der Waals surface area contributed by atoms with E-state index >= 15 is 0 Å². The number of aromatic nitrogens is 2. The lowest BCUT2D eigenvalue weighted by Gasteiger charge is -2.33. The van der Waals surface area contributed by atoms with Gasteiger partial charge in [-0.1, -0.05) is 11.6 Å². The second kappa shape index (κ2) is 8.16. The average Bonchev–Trinajstić information content (AvgIpc) is 2.96. The summed E-state index contributed by atoms with van der Waals surface area (Å²) in [4.78, 5) is 27.1. The van der Waals surface area contributed by atoms with Gasteiger partial charge in [0.25, 0.3) is 5.91 Å². The van der Waals surface area contributed by atoms with Crippen LogP contribution in [0, 0.1) is 0 Å². The van der Waals surface area contributed by atoms with Gasteiger partial charge in [0, 0.05) is 39.9 Å². The molecular weight excluding hydrogens is 322 g/mol. The van der Waals surface area contributed by atoms with Crippen molar-refractivity contribution >= 4 is 23.5 Å². The molecule has 3 amide bonds. The molecule has 0 spiro atoms. The van der Waals surface area contributed by atoms with Crippen LogP contribution in [0.15, 0.2) is 12.4 Å². The van der Waals surface area contributed by atoms with Crippen molar-refractivity contribution in [3.05, 3.63) is 17.4 Å². The average molecular weight is 344 g/mol. The lowest BCUT2D eigenvalue weighted by molar-refractivity contribution is -0.145. The number of morpholine rings is 1. The van der Waals surface area contributed by atoms with Gasteiger partial charge in [-0.2, -0.15) is 5.10 Å². The van der Waals surface area contributed by atoms with E-state index in [0.717, 1.165) is 6.42 Å². The molecule has 1 atom stereocenters. The number of halogens is 1. The van der Waals surface area contributed by atoms with Crippen LogP contribution in [0.2, 0.25) is 5.02 Å². The second-order valence-corrected chi connectivity index (χ2v) is 5.98. The molecule has 0 bridgehead atoms. The molecule has 1 N–H and O–H groups in total. The van der Waals surface area contributed by atoms with Crippen LogP contribution in [0.5, 0.6) is 0 Å². The molecule has 0 unspecified atom stereocenters. The van der Waals surface area contributed by atoms with Gasteiger partial charge in [-0.3, -0.25) is 9.48 Å². The summed E-state index contributed by atoms with van der Waals surface area (Å²) in [5.41, 5.74) is 0. The zero-order valence-corrected chi connectivity index (χ0v) is 14.1. The number of amides is 3. The van der Waals surface area contributed by atoms with Crippen molar-refractivity contribution in [3.63, 3.8) is 0 Å². The Labute approximate surface area is 140 Å². The minimum absolute atomic E-state index is 0.127. The minimum Gasteiger partial charge on any atom is -0.365 e. The van der Waals surface area contributed by atoms with Crippen LogP contribution in [0.3, 0.4) is 0 Å². The molecule has 1 aliphatic heterocycles. The number of carbonyl (C=O) groups is 2. The highest BCUT2D eigenvalue weighted by molar-refractivity contribution is 6.30. The zero-order chi connectivity index (χ0) is 16.8. The predicted molar refractivity (Wildman–Crippen MR) is 85.3 cm³/mol. The number of carbonyl (C=O) groups excluding carboxylic acids is 2. The van der Waals surface area contributed by atoms with Gasteiger partial charge in [0.1, 0.15) is 0 Å². The Bertz CT molecular complexity index is 548. The summed E-state index contributed by atoms with van der Waals surface area (Å²) in [6.45, 7) is 2.33. The predicted octanol–water partition coefficient (Wildman–Crippen LogP) is 0.425. The molecule has 2 heterocycles. The third-order valence-electron chi connectivity index (χ3n) is 3.51. The van der Waals surface area contributed by atoms with Crippen LogP contribution in [0.1, 0.15) is 6.42 Å². The largest absolute Gasteiger partial charge is 0.365 e. The van der Waals surface area contributed by atoms with Gasteiger partial charge in [-0.15, -0.1) is 0 Å². The number of hydrogen-bond donors (Lipinski definition) is 1. The van der Waals surface area contributed by atoms with Crippen molar-refractivity contribution < 1.29 is 14.3 Å². The first kappa shape index (κ1) is 17.6. The van der Waals surface area contributed by atoms with Gasteiger partial charge in [0.2, 0.25) is 0 Å². The highest BCUT2D eigenvalue weighted by Gasteiger charge is 2.29. The Kier molecular flexibility index (Phi) is 6.23. The fourth-order valence-electron chi connectivity index (χ4n) is 2.28. The number of urea groups is 1. The number of hydrogen-bond acceptors (Lipinski definition) is 4. The Morgan fingerprint density at radius 3 is 2.96 bits per heavy atom. The van der Waals surface area contributed by atoms with Gasteiger partial charge in [-0.05, 0) is 6.42 Å². The van der Waals surface area contributed by atoms with Crippen LogP contribution < -0.4 is 5.32 Å². The molecule has 1 aromatic heterocycles. The number of aryl methyl sites for hydroxylation is 1. The third kappa shape index (κ3) is 5.11. The summed E-state index contributed by atoms with van der Waals surface area (Å²) in [6.07, 6.45) is 3.47. The topological polar surface area (TPSA) is 79.7 Å². The van der Waals surface area contributed by atoms with Crippen LogP contribution in [-0.2, 0) is 16.1 Å². The molecule has 128 valence electrons. The molecule has 0 radical (unpaired) electrons. The zero-order valence-electron chi connectivity index (χ0n) is 13.4. The van der Waals surface area contributed by atoms with E-state index < -0.39 is 6.10 Å². The summed E-state index contributed by atoms with van der Waals surface area (Å²) in [5.74, 6) is -0.127. The molecule has 8 nitrogen and oxygen atoms in total. The molecule has 1 saturated heterocycles. The fourth-order valence-corrected chi connectivity index (χ4v) is 2.44. The van der Waals surface area contributed by atoms with E-state index in [0.29, 0.717) is 31.3 Å². The summed E-state index contributed by atoms with van der Waals surface area (Å²) in [5, 5.41) is 7.52. The quantitative estimate of drug-likeness (QED) is 0.786. The molecule has 0 saturated carbocycles. The number of likely N-dealkylation sites (N-methyl/N-ethyl adjacent to an activating group) is 1. The van der Waals surface area contributed by atoms with Gasteiger partial charge < -0.3 is 19.9 Å². The van der Waals surface area contributed by atoms with Crippen molar-refractivity contribution in [3.8, 4) is 0 Å². The van der Waals surface area contributed by atoms with Crippen LogP contribution >= 0.6 is 11.6 Å². The van der Waals surface area contributed by atoms with Gasteiger partial charge in [0.15, 0.2) is 6.10 Å². The molecule has 23 heavy (non-hydrogen) atoms. The normalized spacial score (nSPS) is 17.9. The monoisotopic (exact) mass is 343 g/mol. The summed E-state index contributed by atoms with van der Waals surface area (Å²) >= 11 is 5.78. The molecule has 0 aliphatic carbocycles. The van der Waals surface area contributed by atoms with Crippen LogP contribution in [0.25, 0.3) is 0 Å². The maximum absolute atomic E-state index is 12.1. The van der Waals surface area contributed by atoms with E-state index in [4.69, 9.17) is 16.3 Å². The Morgan fingerprint density at radius 1 is 1.52 bits per heavy atom. The highest BCUT2D eigenvalue weighted by atomic mass is 35.5. The number of nitrogens with one attached hydrogen (secondary N) is 1. The van der Waals surface area contributed by atoms with Crippen LogP contribution in [-0.4, -0.2) is 78.0 Å². The first-order valence-electron chi connectivity index (χ1n) is 7.51. The maximum Gasteiger partial charge on any atom is 0.317 e. The lowest BCUT2D eigenvalue weighted by Crippen LogP contribution is -2.53. The first-order valence-corrected chi connectivity index (χ1v) is 7.88. The van der Waals surface area contributed by atoms with E-state index in [1.54, 1.807) is 36.1 Å². The molecule has 1 fully saturated rings. The van der Waals surface area contributed by atoms with Crippen molar-refractivity contribution in [2.45, 2.75) is 19.1 Å². The lowest BCUT2D eigenvalue weighted by atomic mass is 10.2.